The van der Waals surface area contributed by atoms with E-state index in [2.05, 4.69) is 0 Å². The first kappa shape index (κ1) is 8.97. The number of hydrogen-bond donors (Lipinski definition) is 2. The average molecular weight is 160 g/mol. The van der Waals surface area contributed by atoms with E-state index in [0.717, 1.165) is 0 Å². The van der Waals surface area contributed by atoms with E-state index in [4.69, 9.17) is 9.84 Å². The summed E-state index contributed by atoms with van der Waals surface area (Å²) in [6.45, 7) is 6.21. The number of hydrogen-bond acceptors (Lipinski definition) is 3. The summed E-state index contributed by atoms with van der Waals surface area (Å²) in [4.78, 5) is 0. The number of aliphatic hydroxyl groups is 2. The lowest BCUT2D eigenvalue weighted by Gasteiger charge is -2.28. The summed E-state index contributed by atoms with van der Waals surface area (Å²) in [5, 5.41) is 18.6. The highest BCUT2D eigenvalue weighted by atomic mass is 16.5. The molecule has 0 saturated carbocycles. The molecular formula is C8H16O3. The van der Waals surface area contributed by atoms with Crippen molar-refractivity contribution >= 4 is 0 Å². The van der Waals surface area contributed by atoms with Gasteiger partial charge in [0.05, 0.1) is 12.7 Å². The molecule has 1 fully saturated rings. The van der Waals surface area contributed by atoms with Crippen molar-refractivity contribution in [3.8, 4) is 0 Å². The van der Waals surface area contributed by atoms with Crippen LogP contribution in [-0.4, -0.2) is 35.1 Å². The minimum absolute atomic E-state index is 0.100. The average Bonchev–Trinajstić information content (AvgIpc) is 2.11. The van der Waals surface area contributed by atoms with Crippen molar-refractivity contribution in [2.45, 2.75) is 39.1 Å². The Morgan fingerprint density at radius 2 is 1.82 bits per heavy atom. The molecule has 0 aromatic rings. The largest absolute Gasteiger partial charge is 0.388 e. The summed E-state index contributed by atoms with van der Waals surface area (Å²) >= 11 is 0. The fourth-order valence-electron chi connectivity index (χ4n) is 1.36. The van der Waals surface area contributed by atoms with Gasteiger partial charge in [-0.05, 0) is 5.41 Å². The van der Waals surface area contributed by atoms with Gasteiger partial charge in [0.1, 0.15) is 12.2 Å². The SMILES string of the molecule is CC(C)(C)C1OCC(O)C1O. The normalized spacial score (nSPS) is 39.5. The minimum atomic E-state index is -0.727. The molecule has 2 N–H and O–H groups in total. The topological polar surface area (TPSA) is 49.7 Å². The molecule has 0 aromatic carbocycles. The molecule has 66 valence electrons. The van der Waals surface area contributed by atoms with Crippen LogP contribution in [0.25, 0.3) is 0 Å². The molecule has 3 atom stereocenters. The van der Waals surface area contributed by atoms with Crippen molar-refractivity contribution < 1.29 is 14.9 Å². The molecule has 1 aliphatic heterocycles. The highest BCUT2D eigenvalue weighted by molar-refractivity contribution is 4.90. The van der Waals surface area contributed by atoms with Crippen molar-refractivity contribution in [3.05, 3.63) is 0 Å². The minimum Gasteiger partial charge on any atom is -0.388 e. The molecule has 0 radical (unpaired) electrons. The maximum Gasteiger partial charge on any atom is 0.109 e. The van der Waals surface area contributed by atoms with E-state index in [1.165, 1.54) is 0 Å². The second-order valence-corrected chi connectivity index (χ2v) is 4.18. The first-order valence-corrected chi connectivity index (χ1v) is 3.90. The lowest BCUT2D eigenvalue weighted by Crippen LogP contribution is -2.38. The van der Waals surface area contributed by atoms with Gasteiger partial charge in [-0.15, -0.1) is 0 Å². The Bertz CT molecular complexity index is 139. The quantitative estimate of drug-likeness (QED) is 0.530. The molecular weight excluding hydrogens is 144 g/mol. The van der Waals surface area contributed by atoms with Gasteiger partial charge in [0.25, 0.3) is 0 Å². The summed E-state index contributed by atoms with van der Waals surface area (Å²) in [6.07, 6.45) is -1.67. The monoisotopic (exact) mass is 160 g/mol. The number of rotatable bonds is 0. The van der Waals surface area contributed by atoms with Crippen LogP contribution in [0.5, 0.6) is 0 Å². The van der Waals surface area contributed by atoms with Gasteiger partial charge >= 0.3 is 0 Å². The second kappa shape index (κ2) is 2.73. The number of ether oxygens (including phenoxy) is 1. The van der Waals surface area contributed by atoms with Gasteiger partial charge in [-0.3, -0.25) is 0 Å². The summed E-state index contributed by atoms with van der Waals surface area (Å²) in [7, 11) is 0. The van der Waals surface area contributed by atoms with E-state index in [-0.39, 0.29) is 18.1 Å². The Labute approximate surface area is 67.0 Å². The Hall–Kier alpha value is -0.120. The molecule has 0 spiro atoms. The Balaban J connectivity index is 2.62. The maximum atomic E-state index is 9.42. The highest BCUT2D eigenvalue weighted by Gasteiger charge is 2.41. The summed E-state index contributed by atoms with van der Waals surface area (Å²) < 4.78 is 5.24. The maximum absolute atomic E-state index is 9.42. The van der Waals surface area contributed by atoms with Gasteiger partial charge in [0.2, 0.25) is 0 Å². The van der Waals surface area contributed by atoms with Crippen LogP contribution in [0, 0.1) is 5.41 Å². The van der Waals surface area contributed by atoms with Crippen LogP contribution < -0.4 is 0 Å². The number of aliphatic hydroxyl groups excluding tert-OH is 2. The van der Waals surface area contributed by atoms with Crippen molar-refractivity contribution in [2.75, 3.05) is 6.61 Å². The zero-order chi connectivity index (χ0) is 8.65. The fraction of sp³-hybridized carbons (Fsp3) is 1.00. The standard InChI is InChI=1S/C8H16O3/c1-8(2,3)7-6(10)5(9)4-11-7/h5-7,9-10H,4H2,1-3H3. The Kier molecular flexibility index (Phi) is 2.23. The lowest BCUT2D eigenvalue weighted by molar-refractivity contribution is -0.0344. The first-order valence-electron chi connectivity index (χ1n) is 3.90. The highest BCUT2D eigenvalue weighted by Crippen LogP contribution is 2.30. The predicted octanol–water partition coefficient (Wildman–Crippen LogP) is 0.153. The van der Waals surface area contributed by atoms with Crippen LogP contribution in [0.4, 0.5) is 0 Å². The van der Waals surface area contributed by atoms with Gasteiger partial charge in [-0.25, -0.2) is 0 Å². The molecule has 0 aromatic heterocycles. The van der Waals surface area contributed by atoms with Gasteiger partial charge in [-0.2, -0.15) is 0 Å². The van der Waals surface area contributed by atoms with Gasteiger partial charge in [0.15, 0.2) is 0 Å². The molecule has 0 bridgehead atoms. The van der Waals surface area contributed by atoms with Crippen LogP contribution in [0.3, 0.4) is 0 Å². The molecule has 11 heavy (non-hydrogen) atoms. The molecule has 0 amide bonds. The van der Waals surface area contributed by atoms with E-state index in [0.29, 0.717) is 0 Å². The third kappa shape index (κ3) is 1.72. The van der Waals surface area contributed by atoms with Gasteiger partial charge in [0, 0.05) is 0 Å². The molecule has 1 aliphatic rings. The zero-order valence-corrected chi connectivity index (χ0v) is 7.24. The van der Waals surface area contributed by atoms with E-state index in [9.17, 15) is 5.11 Å². The molecule has 3 heteroatoms. The predicted molar refractivity (Wildman–Crippen MR) is 41.2 cm³/mol. The molecule has 1 rings (SSSR count). The van der Waals surface area contributed by atoms with Crippen LogP contribution >= 0.6 is 0 Å². The fourth-order valence-corrected chi connectivity index (χ4v) is 1.36. The molecule has 0 aliphatic carbocycles. The van der Waals surface area contributed by atoms with E-state index in [1.807, 2.05) is 20.8 Å². The third-order valence-corrected chi connectivity index (χ3v) is 2.00. The molecule has 1 heterocycles. The second-order valence-electron chi connectivity index (χ2n) is 4.18. The van der Waals surface area contributed by atoms with Crippen LogP contribution in [0.2, 0.25) is 0 Å². The molecule has 1 saturated heterocycles. The Morgan fingerprint density at radius 1 is 1.27 bits per heavy atom. The zero-order valence-electron chi connectivity index (χ0n) is 7.24. The smallest absolute Gasteiger partial charge is 0.109 e. The van der Waals surface area contributed by atoms with Crippen molar-refractivity contribution in [2.24, 2.45) is 5.41 Å². The van der Waals surface area contributed by atoms with Crippen molar-refractivity contribution in [1.29, 1.82) is 0 Å². The summed E-state index contributed by atoms with van der Waals surface area (Å²) in [5.74, 6) is 0. The lowest BCUT2D eigenvalue weighted by atomic mass is 9.85. The van der Waals surface area contributed by atoms with Gasteiger partial charge in [-0.1, -0.05) is 20.8 Å². The molecule has 3 unspecified atom stereocenters. The Morgan fingerprint density at radius 3 is 2.00 bits per heavy atom. The van der Waals surface area contributed by atoms with Crippen LogP contribution in [0.1, 0.15) is 20.8 Å². The summed E-state index contributed by atoms with van der Waals surface area (Å²) in [5.41, 5.74) is -0.100. The van der Waals surface area contributed by atoms with Gasteiger partial charge < -0.3 is 14.9 Å². The van der Waals surface area contributed by atoms with Crippen molar-refractivity contribution in [1.82, 2.24) is 0 Å². The van der Waals surface area contributed by atoms with Crippen LogP contribution in [-0.2, 0) is 4.74 Å². The summed E-state index contributed by atoms with van der Waals surface area (Å²) in [6, 6.07) is 0. The van der Waals surface area contributed by atoms with E-state index >= 15 is 0 Å². The van der Waals surface area contributed by atoms with Crippen molar-refractivity contribution in [3.63, 3.8) is 0 Å². The first-order chi connectivity index (χ1) is 4.93. The van der Waals surface area contributed by atoms with E-state index < -0.39 is 12.2 Å². The third-order valence-electron chi connectivity index (χ3n) is 2.00. The van der Waals surface area contributed by atoms with Crippen LogP contribution in [0.15, 0.2) is 0 Å². The molecule has 3 nitrogen and oxygen atoms in total. The van der Waals surface area contributed by atoms with E-state index in [1.54, 1.807) is 0 Å².